The van der Waals surface area contributed by atoms with Crippen molar-refractivity contribution in [1.82, 2.24) is 9.47 Å². The molecule has 20 heavy (non-hydrogen) atoms. The van der Waals surface area contributed by atoms with Gasteiger partial charge in [-0.2, -0.15) is 0 Å². The van der Waals surface area contributed by atoms with Crippen molar-refractivity contribution < 1.29 is 4.79 Å². The normalized spacial score (nSPS) is 30.6. The van der Waals surface area contributed by atoms with E-state index >= 15 is 0 Å². The van der Waals surface area contributed by atoms with Gasteiger partial charge in [-0.25, -0.2) is 0 Å². The Hall–Kier alpha value is -1.77. The van der Waals surface area contributed by atoms with Gasteiger partial charge in [0.05, 0.1) is 12.0 Å². The van der Waals surface area contributed by atoms with E-state index in [4.69, 9.17) is 0 Å². The fraction of sp³-hybridized carbons (Fsp3) is 0.471. The smallest absolute Gasteiger partial charge is 0.229 e. The summed E-state index contributed by atoms with van der Waals surface area (Å²) in [6, 6.07) is 10.8. The van der Waals surface area contributed by atoms with E-state index in [1.54, 1.807) is 0 Å². The van der Waals surface area contributed by atoms with E-state index in [2.05, 4.69) is 39.8 Å². The molecular formula is C17H18N2O. The highest BCUT2D eigenvalue weighted by Crippen LogP contribution is 2.76. The van der Waals surface area contributed by atoms with E-state index < -0.39 is 0 Å². The number of carbonyl (C=O) groups is 1. The minimum Gasteiger partial charge on any atom is -0.343 e. The quantitative estimate of drug-likeness (QED) is 0.779. The van der Waals surface area contributed by atoms with Gasteiger partial charge < -0.3 is 9.47 Å². The molecule has 3 nitrogen and oxygen atoms in total. The fourth-order valence-corrected chi connectivity index (χ4v) is 3.90. The number of aromatic nitrogens is 1. The Morgan fingerprint density at radius 2 is 2.00 bits per heavy atom. The maximum absolute atomic E-state index is 12.6. The molecule has 1 aromatic heterocycles. The Kier molecular flexibility index (Phi) is 1.89. The number of benzene rings is 1. The van der Waals surface area contributed by atoms with Crippen LogP contribution in [0.2, 0.25) is 0 Å². The Morgan fingerprint density at radius 3 is 2.80 bits per heavy atom. The van der Waals surface area contributed by atoms with Crippen molar-refractivity contribution in [3.05, 3.63) is 36.0 Å². The van der Waals surface area contributed by atoms with Gasteiger partial charge in [-0.05, 0) is 42.7 Å². The first-order chi connectivity index (χ1) is 9.78. The van der Waals surface area contributed by atoms with Crippen molar-refractivity contribution in [2.24, 2.45) is 11.3 Å². The average Bonchev–Trinajstić information content (AvgIpc) is 3.29. The maximum atomic E-state index is 12.6. The molecule has 102 valence electrons. The zero-order valence-electron chi connectivity index (χ0n) is 11.5. The molecule has 0 atom stereocenters. The molecular weight excluding hydrogens is 248 g/mol. The van der Waals surface area contributed by atoms with Crippen molar-refractivity contribution >= 4 is 16.8 Å². The Balaban J connectivity index is 1.53. The van der Waals surface area contributed by atoms with E-state index in [1.165, 1.54) is 16.6 Å². The lowest BCUT2D eigenvalue weighted by molar-refractivity contribution is -0.135. The molecule has 5 rings (SSSR count). The lowest BCUT2D eigenvalue weighted by Gasteiger charge is -2.21. The highest BCUT2D eigenvalue weighted by Gasteiger charge is 2.75. The zero-order chi connectivity index (χ0) is 13.3. The number of hydrogen-bond acceptors (Lipinski definition) is 1. The second-order valence-electron chi connectivity index (χ2n) is 6.69. The summed E-state index contributed by atoms with van der Waals surface area (Å²) in [5, 5.41) is 1.30. The van der Waals surface area contributed by atoms with Gasteiger partial charge in [0.25, 0.3) is 0 Å². The Morgan fingerprint density at radius 1 is 1.20 bits per heavy atom. The molecule has 2 fully saturated rings. The summed E-state index contributed by atoms with van der Waals surface area (Å²) in [6.45, 7) is 2.74. The molecule has 2 aliphatic carbocycles. The van der Waals surface area contributed by atoms with Crippen LogP contribution in [0.25, 0.3) is 10.9 Å². The van der Waals surface area contributed by atoms with Crippen molar-refractivity contribution in [1.29, 1.82) is 0 Å². The van der Waals surface area contributed by atoms with Crippen LogP contribution in [0.15, 0.2) is 30.3 Å². The summed E-state index contributed by atoms with van der Waals surface area (Å²) >= 11 is 0. The van der Waals surface area contributed by atoms with E-state index in [-0.39, 0.29) is 5.41 Å². The van der Waals surface area contributed by atoms with Crippen molar-refractivity contribution in [3.8, 4) is 0 Å². The number of fused-ring (bicyclic) bond motifs is 4. The van der Waals surface area contributed by atoms with Crippen LogP contribution >= 0.6 is 0 Å². The SMILES string of the molecule is O=C(N1CCCn2c(cc3ccccc32)C1)C12CC1C2. The summed E-state index contributed by atoms with van der Waals surface area (Å²) in [4.78, 5) is 14.7. The number of para-hydroxylation sites is 1. The van der Waals surface area contributed by atoms with Crippen LogP contribution in [0.3, 0.4) is 0 Å². The van der Waals surface area contributed by atoms with Crippen LogP contribution in [0.1, 0.15) is 25.0 Å². The van der Waals surface area contributed by atoms with Gasteiger partial charge in [-0.3, -0.25) is 4.79 Å². The Bertz CT molecular complexity index is 724. The van der Waals surface area contributed by atoms with Gasteiger partial charge in [0, 0.05) is 24.3 Å². The third kappa shape index (κ3) is 1.33. The first-order valence-electron chi connectivity index (χ1n) is 7.64. The molecule has 0 unspecified atom stereocenters. The maximum Gasteiger partial charge on any atom is 0.229 e. The molecule has 0 saturated heterocycles. The summed E-state index contributed by atoms with van der Waals surface area (Å²) in [5.41, 5.74) is 2.72. The van der Waals surface area contributed by atoms with Crippen LogP contribution < -0.4 is 0 Å². The van der Waals surface area contributed by atoms with Crippen molar-refractivity contribution in [2.45, 2.75) is 32.4 Å². The van der Waals surface area contributed by atoms with Gasteiger partial charge >= 0.3 is 0 Å². The molecule has 2 heterocycles. The monoisotopic (exact) mass is 266 g/mol. The van der Waals surface area contributed by atoms with E-state index in [0.717, 1.165) is 44.8 Å². The standard InChI is InChI=1S/C17H18N2O/c20-16(17-9-13(17)10-17)18-6-3-7-19-14(11-18)8-12-4-1-2-5-15(12)19/h1-2,4-5,8,13H,3,6-7,9-11H2. The van der Waals surface area contributed by atoms with Crippen LogP contribution in [0.5, 0.6) is 0 Å². The van der Waals surface area contributed by atoms with Gasteiger partial charge in [-0.1, -0.05) is 18.2 Å². The third-order valence-corrected chi connectivity index (χ3v) is 5.45. The molecule has 1 aromatic carbocycles. The first-order valence-corrected chi connectivity index (χ1v) is 7.64. The highest BCUT2D eigenvalue weighted by atomic mass is 16.2. The highest BCUT2D eigenvalue weighted by molar-refractivity contribution is 5.90. The van der Waals surface area contributed by atoms with Gasteiger partial charge in [0.15, 0.2) is 0 Å². The predicted octanol–water partition coefficient (Wildman–Crippen LogP) is 2.78. The second-order valence-corrected chi connectivity index (χ2v) is 6.69. The molecule has 0 N–H and O–H groups in total. The minimum absolute atomic E-state index is 0.112. The molecule has 3 heteroatoms. The molecule has 2 saturated carbocycles. The van der Waals surface area contributed by atoms with Crippen LogP contribution in [0.4, 0.5) is 0 Å². The van der Waals surface area contributed by atoms with Crippen LogP contribution in [-0.4, -0.2) is 21.9 Å². The third-order valence-electron chi connectivity index (χ3n) is 5.45. The van der Waals surface area contributed by atoms with E-state index in [1.807, 2.05) is 0 Å². The number of rotatable bonds is 1. The van der Waals surface area contributed by atoms with Gasteiger partial charge in [0.1, 0.15) is 0 Å². The molecule has 1 aliphatic heterocycles. The molecule has 3 aliphatic rings. The first kappa shape index (κ1) is 11.0. The molecule has 0 spiro atoms. The summed E-state index contributed by atoms with van der Waals surface area (Å²) in [6.07, 6.45) is 3.38. The largest absolute Gasteiger partial charge is 0.343 e. The number of aryl methyl sites for hydroxylation is 1. The fourth-order valence-electron chi connectivity index (χ4n) is 3.90. The molecule has 1 amide bonds. The van der Waals surface area contributed by atoms with Crippen LogP contribution in [0, 0.1) is 11.3 Å². The van der Waals surface area contributed by atoms with E-state index in [0.29, 0.717) is 5.91 Å². The van der Waals surface area contributed by atoms with E-state index in [9.17, 15) is 4.79 Å². The average molecular weight is 266 g/mol. The second kappa shape index (κ2) is 3.46. The topological polar surface area (TPSA) is 25.2 Å². The molecule has 0 radical (unpaired) electrons. The van der Waals surface area contributed by atoms with Crippen molar-refractivity contribution in [2.75, 3.05) is 6.54 Å². The Labute approximate surface area is 118 Å². The van der Waals surface area contributed by atoms with Gasteiger partial charge in [0.2, 0.25) is 5.91 Å². The molecule has 0 bridgehead atoms. The van der Waals surface area contributed by atoms with Crippen molar-refractivity contribution in [3.63, 3.8) is 0 Å². The molecule has 2 aromatic rings. The predicted molar refractivity (Wildman–Crippen MR) is 77.1 cm³/mol. The van der Waals surface area contributed by atoms with Crippen LogP contribution in [-0.2, 0) is 17.9 Å². The summed E-state index contributed by atoms with van der Waals surface area (Å²) < 4.78 is 2.40. The van der Waals surface area contributed by atoms with Gasteiger partial charge in [-0.15, -0.1) is 0 Å². The minimum atomic E-state index is 0.112. The number of carbonyl (C=O) groups excluding carboxylic acids is 1. The number of hydrogen-bond donors (Lipinski definition) is 0. The summed E-state index contributed by atoms with van der Waals surface area (Å²) in [7, 11) is 0. The number of amides is 1. The zero-order valence-corrected chi connectivity index (χ0v) is 11.5. The lowest BCUT2D eigenvalue weighted by atomic mass is 10.1. The lowest BCUT2D eigenvalue weighted by Crippen LogP contribution is -2.34. The number of nitrogens with zero attached hydrogens (tertiary/aromatic N) is 2. The summed E-state index contributed by atoms with van der Waals surface area (Å²) in [5.74, 6) is 1.17.